The van der Waals surface area contributed by atoms with Crippen LogP contribution in [0, 0.1) is 0 Å². The standard InChI is InChI=1S/C15H12N2/c16-15-8-7-12(11-4-3-9-17-10-11)13-5-1-2-6-14(13)15/h1-10H,16H2/p+1. The Bertz CT molecular complexity index is 660. The van der Waals surface area contributed by atoms with Crippen LogP contribution in [0.3, 0.4) is 0 Å². The Kier molecular flexibility index (Phi) is 2.26. The Morgan fingerprint density at radius 3 is 2.41 bits per heavy atom. The van der Waals surface area contributed by atoms with E-state index in [4.69, 9.17) is 5.73 Å². The van der Waals surface area contributed by atoms with Crippen LogP contribution >= 0.6 is 0 Å². The van der Waals surface area contributed by atoms with Crippen molar-refractivity contribution in [1.29, 1.82) is 0 Å². The summed E-state index contributed by atoms with van der Waals surface area (Å²) in [4.78, 5) is 3.11. The zero-order valence-corrected chi connectivity index (χ0v) is 9.35. The predicted octanol–water partition coefficient (Wildman–Crippen LogP) is 2.90. The average Bonchev–Trinajstić information content (AvgIpc) is 2.41. The van der Waals surface area contributed by atoms with Crippen LogP contribution < -0.4 is 10.7 Å². The first kappa shape index (κ1) is 9.85. The lowest BCUT2D eigenvalue weighted by Crippen LogP contribution is -1.98. The van der Waals surface area contributed by atoms with Gasteiger partial charge in [0.05, 0.1) is 0 Å². The van der Waals surface area contributed by atoms with Crippen molar-refractivity contribution in [3.05, 3.63) is 60.9 Å². The van der Waals surface area contributed by atoms with Gasteiger partial charge in [-0.2, -0.15) is 0 Å². The third-order valence-electron chi connectivity index (χ3n) is 2.98. The second-order valence-corrected chi connectivity index (χ2v) is 4.04. The minimum absolute atomic E-state index is 0.823. The van der Waals surface area contributed by atoms with Gasteiger partial charge in [0.2, 0.25) is 0 Å². The van der Waals surface area contributed by atoms with Crippen LogP contribution in [0.25, 0.3) is 21.9 Å². The fraction of sp³-hybridized carbons (Fsp3) is 0. The minimum atomic E-state index is 0.823. The minimum Gasteiger partial charge on any atom is -0.398 e. The van der Waals surface area contributed by atoms with E-state index in [0.717, 1.165) is 11.1 Å². The molecule has 0 aliphatic rings. The number of aromatic amines is 1. The first-order valence-electron chi connectivity index (χ1n) is 5.60. The van der Waals surface area contributed by atoms with Crippen LogP contribution in [0.15, 0.2) is 60.9 Å². The molecule has 0 radical (unpaired) electrons. The van der Waals surface area contributed by atoms with Crippen molar-refractivity contribution in [2.75, 3.05) is 5.73 Å². The third-order valence-corrected chi connectivity index (χ3v) is 2.98. The topological polar surface area (TPSA) is 40.2 Å². The SMILES string of the molecule is Nc1ccc(-c2ccc[nH+]c2)c2ccccc12. The molecule has 3 N–H and O–H groups in total. The zero-order chi connectivity index (χ0) is 11.7. The summed E-state index contributed by atoms with van der Waals surface area (Å²) in [5.74, 6) is 0. The molecule has 0 atom stereocenters. The first-order valence-corrected chi connectivity index (χ1v) is 5.60. The van der Waals surface area contributed by atoms with Gasteiger partial charge in [0.15, 0.2) is 12.4 Å². The molecule has 0 spiro atoms. The number of hydrogen-bond donors (Lipinski definition) is 1. The summed E-state index contributed by atoms with van der Waals surface area (Å²) >= 11 is 0. The lowest BCUT2D eigenvalue weighted by Gasteiger charge is -2.07. The molecule has 1 heterocycles. The highest BCUT2D eigenvalue weighted by molar-refractivity contribution is 6.02. The predicted molar refractivity (Wildman–Crippen MR) is 70.4 cm³/mol. The van der Waals surface area contributed by atoms with Crippen LogP contribution in [0.5, 0.6) is 0 Å². The molecule has 3 aromatic rings. The van der Waals surface area contributed by atoms with E-state index in [2.05, 4.69) is 29.2 Å². The summed E-state index contributed by atoms with van der Waals surface area (Å²) in [7, 11) is 0. The molecule has 1 aromatic heterocycles. The van der Waals surface area contributed by atoms with Crippen molar-refractivity contribution in [3.8, 4) is 11.1 Å². The summed E-state index contributed by atoms with van der Waals surface area (Å²) < 4.78 is 0. The quantitative estimate of drug-likeness (QED) is 0.630. The van der Waals surface area contributed by atoms with Crippen molar-refractivity contribution in [1.82, 2.24) is 0 Å². The van der Waals surface area contributed by atoms with Crippen LogP contribution in [0.1, 0.15) is 0 Å². The summed E-state index contributed by atoms with van der Waals surface area (Å²) in [6, 6.07) is 16.3. The van der Waals surface area contributed by atoms with Crippen LogP contribution in [0.4, 0.5) is 5.69 Å². The van der Waals surface area contributed by atoms with E-state index in [1.807, 2.05) is 36.7 Å². The number of rotatable bonds is 1. The number of benzene rings is 2. The molecular formula is C15H13N2+. The number of H-pyrrole nitrogens is 1. The number of fused-ring (bicyclic) bond motifs is 1. The first-order chi connectivity index (χ1) is 8.36. The van der Waals surface area contributed by atoms with Crippen LogP contribution in [0.2, 0.25) is 0 Å². The lowest BCUT2D eigenvalue weighted by molar-refractivity contribution is -0.377. The zero-order valence-electron chi connectivity index (χ0n) is 9.35. The van der Waals surface area contributed by atoms with Gasteiger partial charge < -0.3 is 5.73 Å². The molecule has 0 saturated carbocycles. The van der Waals surface area contributed by atoms with E-state index in [0.29, 0.717) is 0 Å². The number of nitrogens with two attached hydrogens (primary N) is 1. The van der Waals surface area contributed by atoms with Gasteiger partial charge in [-0.15, -0.1) is 0 Å². The van der Waals surface area contributed by atoms with Gasteiger partial charge in [0.25, 0.3) is 0 Å². The maximum atomic E-state index is 6.00. The van der Waals surface area contributed by atoms with Crippen molar-refractivity contribution < 1.29 is 4.98 Å². The molecular weight excluding hydrogens is 208 g/mol. The molecule has 82 valence electrons. The summed E-state index contributed by atoms with van der Waals surface area (Å²) in [5.41, 5.74) is 9.19. The van der Waals surface area contributed by atoms with E-state index in [9.17, 15) is 0 Å². The fourth-order valence-corrected chi connectivity index (χ4v) is 2.13. The molecule has 0 bridgehead atoms. The Labute approximate surface area is 99.7 Å². The maximum Gasteiger partial charge on any atom is 0.174 e. The number of anilines is 1. The Morgan fingerprint density at radius 1 is 0.824 bits per heavy atom. The second kappa shape index (κ2) is 3.91. The van der Waals surface area contributed by atoms with E-state index in [1.54, 1.807) is 0 Å². The third kappa shape index (κ3) is 1.64. The highest BCUT2D eigenvalue weighted by atomic mass is 14.6. The number of pyridine rings is 1. The Balaban J connectivity index is 2.35. The smallest absolute Gasteiger partial charge is 0.174 e. The van der Waals surface area contributed by atoms with Gasteiger partial charge in [0.1, 0.15) is 0 Å². The molecule has 0 fully saturated rings. The molecule has 2 nitrogen and oxygen atoms in total. The van der Waals surface area contributed by atoms with Crippen molar-refractivity contribution in [2.45, 2.75) is 0 Å². The van der Waals surface area contributed by atoms with Crippen molar-refractivity contribution >= 4 is 16.5 Å². The molecule has 2 aromatic carbocycles. The highest BCUT2D eigenvalue weighted by Crippen LogP contribution is 2.30. The monoisotopic (exact) mass is 221 g/mol. The largest absolute Gasteiger partial charge is 0.398 e. The number of nitrogens with one attached hydrogen (secondary N) is 1. The molecule has 2 heteroatoms. The molecule has 3 rings (SSSR count). The number of nitrogen functional groups attached to an aromatic ring is 1. The molecule has 0 saturated heterocycles. The fourth-order valence-electron chi connectivity index (χ4n) is 2.13. The van der Waals surface area contributed by atoms with Crippen LogP contribution in [-0.4, -0.2) is 0 Å². The van der Waals surface area contributed by atoms with E-state index >= 15 is 0 Å². The van der Waals surface area contributed by atoms with E-state index in [1.165, 1.54) is 16.5 Å². The molecule has 0 aliphatic heterocycles. The normalized spacial score (nSPS) is 10.6. The van der Waals surface area contributed by atoms with Gasteiger partial charge >= 0.3 is 0 Å². The summed E-state index contributed by atoms with van der Waals surface area (Å²) in [6.07, 6.45) is 3.90. The number of aromatic nitrogens is 1. The van der Waals surface area contributed by atoms with Gasteiger partial charge in [-0.25, -0.2) is 4.98 Å². The summed E-state index contributed by atoms with van der Waals surface area (Å²) in [5, 5.41) is 2.29. The van der Waals surface area contributed by atoms with Crippen molar-refractivity contribution in [2.24, 2.45) is 0 Å². The maximum absolute atomic E-state index is 6.00. The second-order valence-electron chi connectivity index (χ2n) is 4.04. The van der Waals surface area contributed by atoms with E-state index in [-0.39, 0.29) is 0 Å². The van der Waals surface area contributed by atoms with Crippen LogP contribution in [-0.2, 0) is 0 Å². The molecule has 0 amide bonds. The van der Waals surface area contributed by atoms with Gasteiger partial charge in [-0.1, -0.05) is 30.3 Å². The number of hydrogen-bond acceptors (Lipinski definition) is 1. The average molecular weight is 221 g/mol. The van der Waals surface area contributed by atoms with Gasteiger partial charge in [-0.05, 0) is 23.1 Å². The molecule has 0 aliphatic carbocycles. The Morgan fingerprint density at radius 2 is 1.65 bits per heavy atom. The van der Waals surface area contributed by atoms with Gasteiger partial charge in [-0.3, -0.25) is 0 Å². The molecule has 17 heavy (non-hydrogen) atoms. The Hall–Kier alpha value is -2.35. The van der Waals surface area contributed by atoms with E-state index < -0.39 is 0 Å². The van der Waals surface area contributed by atoms with Crippen molar-refractivity contribution in [3.63, 3.8) is 0 Å². The molecule has 0 unspecified atom stereocenters. The lowest BCUT2D eigenvalue weighted by atomic mass is 9.98. The van der Waals surface area contributed by atoms with Gasteiger partial charge in [0, 0.05) is 22.7 Å². The summed E-state index contributed by atoms with van der Waals surface area (Å²) in [6.45, 7) is 0. The highest BCUT2D eigenvalue weighted by Gasteiger charge is 2.06.